The van der Waals surface area contributed by atoms with Crippen LogP contribution < -0.4 is 5.73 Å². The van der Waals surface area contributed by atoms with E-state index in [-0.39, 0.29) is 24.5 Å². The molecule has 0 unspecified atom stereocenters. The lowest BCUT2D eigenvalue weighted by molar-refractivity contribution is -0.132. The number of methoxy groups -OCH3 is 1. The number of nitrogens with zero attached hydrogens (tertiary/aromatic N) is 4. The van der Waals surface area contributed by atoms with E-state index >= 15 is 0 Å². The number of carbonyl (C=O) groups excluding carboxylic acids is 1. The van der Waals surface area contributed by atoms with E-state index in [2.05, 4.69) is 10.3 Å². The first-order valence-electron chi connectivity index (χ1n) is 7.58. The summed E-state index contributed by atoms with van der Waals surface area (Å²) >= 11 is 0. The number of aromatic nitrogens is 3. The smallest absolute Gasteiger partial charge is 0.229 e. The van der Waals surface area contributed by atoms with Crippen molar-refractivity contribution in [3.63, 3.8) is 0 Å². The predicted octanol–water partition coefficient (Wildman–Crippen LogP) is 0.620. The van der Waals surface area contributed by atoms with Crippen LogP contribution in [0.25, 0.3) is 0 Å². The van der Waals surface area contributed by atoms with E-state index in [1.165, 1.54) is 0 Å². The van der Waals surface area contributed by atoms with E-state index < -0.39 is 0 Å². The summed E-state index contributed by atoms with van der Waals surface area (Å²) in [4.78, 5) is 14.5. The van der Waals surface area contributed by atoms with Crippen molar-refractivity contribution in [2.24, 2.45) is 0 Å². The highest BCUT2D eigenvalue weighted by Crippen LogP contribution is 2.22. The van der Waals surface area contributed by atoms with Gasteiger partial charge in [0.1, 0.15) is 11.6 Å². The van der Waals surface area contributed by atoms with E-state index in [0.717, 1.165) is 6.42 Å². The number of hydrogen-bond donors (Lipinski definition) is 1. The van der Waals surface area contributed by atoms with Crippen molar-refractivity contribution >= 4 is 11.7 Å². The second kappa shape index (κ2) is 6.41. The van der Waals surface area contributed by atoms with Crippen LogP contribution in [-0.4, -0.2) is 51.5 Å². The molecular formula is C15H21N5O3. The molecule has 2 N–H and O–H groups in total. The van der Waals surface area contributed by atoms with Crippen molar-refractivity contribution in [1.82, 2.24) is 19.8 Å². The number of nitrogen functional groups attached to an aromatic ring is 1. The Morgan fingerprint density at radius 1 is 1.57 bits per heavy atom. The van der Waals surface area contributed by atoms with Crippen LogP contribution >= 0.6 is 0 Å². The molecule has 0 saturated carbocycles. The van der Waals surface area contributed by atoms with Gasteiger partial charge in [0.25, 0.3) is 0 Å². The van der Waals surface area contributed by atoms with Gasteiger partial charge in [0.15, 0.2) is 0 Å². The van der Waals surface area contributed by atoms with Gasteiger partial charge in [0.2, 0.25) is 5.91 Å². The third kappa shape index (κ3) is 3.53. The van der Waals surface area contributed by atoms with Crippen molar-refractivity contribution in [2.45, 2.75) is 38.5 Å². The van der Waals surface area contributed by atoms with Crippen LogP contribution in [-0.2, 0) is 22.5 Å². The minimum atomic E-state index is 0.0166. The minimum Gasteiger partial charge on any atom is -0.382 e. The molecule has 23 heavy (non-hydrogen) atoms. The Balaban J connectivity index is 1.70. The average Bonchev–Trinajstić information content (AvgIpc) is 3.21. The second-order valence-corrected chi connectivity index (χ2v) is 5.86. The van der Waals surface area contributed by atoms with Crippen molar-refractivity contribution in [3.05, 3.63) is 29.8 Å². The molecule has 3 heterocycles. The van der Waals surface area contributed by atoms with Crippen LogP contribution in [0.4, 0.5) is 5.82 Å². The fourth-order valence-corrected chi connectivity index (χ4v) is 2.98. The predicted molar refractivity (Wildman–Crippen MR) is 82.5 cm³/mol. The second-order valence-electron chi connectivity index (χ2n) is 5.86. The summed E-state index contributed by atoms with van der Waals surface area (Å²) < 4.78 is 12.2. The van der Waals surface area contributed by atoms with Crippen LogP contribution in [0.2, 0.25) is 0 Å². The fourth-order valence-electron chi connectivity index (χ4n) is 2.98. The maximum Gasteiger partial charge on any atom is 0.229 e. The largest absolute Gasteiger partial charge is 0.382 e. The summed E-state index contributed by atoms with van der Waals surface area (Å²) in [5.74, 6) is 1.19. The Morgan fingerprint density at radius 2 is 2.39 bits per heavy atom. The Labute approximate surface area is 134 Å². The van der Waals surface area contributed by atoms with Gasteiger partial charge >= 0.3 is 0 Å². The number of nitrogens with two attached hydrogens (primary N) is 1. The molecule has 0 aliphatic carbocycles. The number of hydrogen-bond acceptors (Lipinski definition) is 6. The van der Waals surface area contributed by atoms with Crippen LogP contribution in [0.1, 0.15) is 17.9 Å². The lowest BCUT2D eigenvalue weighted by atomic mass is 10.2. The maximum atomic E-state index is 12.6. The molecule has 1 amide bonds. The Hall–Kier alpha value is -2.35. The van der Waals surface area contributed by atoms with Crippen molar-refractivity contribution in [2.75, 3.05) is 19.4 Å². The molecule has 124 valence electrons. The molecule has 2 aromatic heterocycles. The molecule has 2 atom stereocenters. The molecule has 1 aliphatic rings. The summed E-state index contributed by atoms with van der Waals surface area (Å²) in [5.41, 5.74) is 6.30. The fraction of sp³-hybridized carbons (Fsp3) is 0.533. The number of amides is 1. The summed E-state index contributed by atoms with van der Waals surface area (Å²) in [6.07, 6.45) is 2.86. The van der Waals surface area contributed by atoms with Gasteiger partial charge in [0.05, 0.1) is 30.8 Å². The third-order valence-electron chi connectivity index (χ3n) is 4.10. The summed E-state index contributed by atoms with van der Waals surface area (Å²) in [6, 6.07) is 3.55. The number of carbonyl (C=O) groups is 1. The van der Waals surface area contributed by atoms with E-state index in [4.69, 9.17) is 15.0 Å². The normalized spacial score (nSPS) is 21.0. The van der Waals surface area contributed by atoms with Gasteiger partial charge < -0.3 is 19.9 Å². The Morgan fingerprint density at radius 3 is 3.00 bits per heavy atom. The third-order valence-corrected chi connectivity index (χ3v) is 4.10. The van der Waals surface area contributed by atoms with Crippen molar-refractivity contribution < 1.29 is 14.1 Å². The molecule has 8 nitrogen and oxygen atoms in total. The monoisotopic (exact) mass is 319 g/mol. The number of ether oxygens (including phenoxy) is 1. The molecule has 2 aromatic rings. The first-order valence-corrected chi connectivity index (χ1v) is 7.58. The zero-order valence-corrected chi connectivity index (χ0v) is 13.3. The molecular weight excluding hydrogens is 298 g/mol. The molecule has 8 heteroatoms. The van der Waals surface area contributed by atoms with Gasteiger partial charge in [-0.1, -0.05) is 5.16 Å². The first kappa shape index (κ1) is 15.5. The van der Waals surface area contributed by atoms with Gasteiger partial charge in [-0.15, -0.1) is 0 Å². The summed E-state index contributed by atoms with van der Waals surface area (Å²) in [7, 11) is 1.67. The van der Waals surface area contributed by atoms with Crippen molar-refractivity contribution in [1.29, 1.82) is 0 Å². The van der Waals surface area contributed by atoms with E-state index in [0.29, 0.717) is 30.4 Å². The highest BCUT2D eigenvalue weighted by Gasteiger charge is 2.35. The van der Waals surface area contributed by atoms with Crippen LogP contribution in [0.5, 0.6) is 0 Å². The molecule has 0 bridgehead atoms. The van der Waals surface area contributed by atoms with Crippen LogP contribution in [0.15, 0.2) is 22.9 Å². The number of aryl methyl sites for hydroxylation is 1. The van der Waals surface area contributed by atoms with Gasteiger partial charge in [-0.2, -0.15) is 5.10 Å². The minimum absolute atomic E-state index is 0.0166. The van der Waals surface area contributed by atoms with Crippen molar-refractivity contribution in [3.8, 4) is 0 Å². The van der Waals surface area contributed by atoms with Gasteiger partial charge in [-0.25, -0.2) is 0 Å². The number of anilines is 1. The molecule has 0 spiro atoms. The standard InChI is InChI=1S/C15H21N5O3/c1-10-5-11(18-23-10)6-15(21)20-9-13(22-2)7-12(20)8-19-4-3-14(16)17-19/h3-5,12-13H,6-9H2,1-2H3,(H2,16,17)/t12-,13-/m0/s1. The van der Waals surface area contributed by atoms with Gasteiger partial charge in [0, 0.05) is 25.9 Å². The molecule has 0 aromatic carbocycles. The Kier molecular flexibility index (Phi) is 4.33. The molecule has 1 aliphatic heterocycles. The lowest BCUT2D eigenvalue weighted by Gasteiger charge is -2.24. The van der Waals surface area contributed by atoms with E-state index in [1.807, 2.05) is 18.0 Å². The van der Waals surface area contributed by atoms with Crippen LogP contribution in [0.3, 0.4) is 0 Å². The molecule has 0 radical (unpaired) electrons. The molecule has 1 fully saturated rings. The van der Waals surface area contributed by atoms with E-state index in [1.54, 1.807) is 23.9 Å². The summed E-state index contributed by atoms with van der Waals surface area (Å²) in [5, 5.41) is 8.09. The zero-order chi connectivity index (χ0) is 16.4. The number of likely N-dealkylation sites (tertiary alicyclic amines) is 1. The summed E-state index contributed by atoms with van der Waals surface area (Å²) in [6.45, 7) is 2.98. The highest BCUT2D eigenvalue weighted by atomic mass is 16.5. The maximum absolute atomic E-state index is 12.6. The molecule has 1 saturated heterocycles. The first-order chi connectivity index (χ1) is 11.0. The van der Waals surface area contributed by atoms with E-state index in [9.17, 15) is 4.79 Å². The van der Waals surface area contributed by atoms with Gasteiger partial charge in [-0.05, 0) is 19.4 Å². The Bertz CT molecular complexity index is 680. The quantitative estimate of drug-likeness (QED) is 0.867. The average molecular weight is 319 g/mol. The number of rotatable bonds is 5. The van der Waals surface area contributed by atoms with Gasteiger partial charge in [-0.3, -0.25) is 9.48 Å². The lowest BCUT2D eigenvalue weighted by Crippen LogP contribution is -2.39. The topological polar surface area (TPSA) is 99.4 Å². The van der Waals surface area contributed by atoms with Crippen LogP contribution in [0, 0.1) is 6.92 Å². The zero-order valence-electron chi connectivity index (χ0n) is 13.3. The SMILES string of the molecule is CO[C@H]1C[C@@H](Cn2ccc(N)n2)N(C(=O)Cc2cc(C)on2)C1. The highest BCUT2D eigenvalue weighted by molar-refractivity contribution is 5.79. The molecule has 3 rings (SSSR count).